The third-order valence-corrected chi connectivity index (χ3v) is 8.27. The maximum atomic E-state index is 13.6. The normalized spacial score (nSPS) is 11.3. The van der Waals surface area contributed by atoms with Crippen LogP contribution in [0.3, 0.4) is 0 Å². The first-order chi connectivity index (χ1) is 17.3. The van der Waals surface area contributed by atoms with Gasteiger partial charge in [0.25, 0.3) is 10.0 Å². The van der Waals surface area contributed by atoms with Crippen molar-refractivity contribution in [3.63, 3.8) is 0 Å². The van der Waals surface area contributed by atoms with E-state index in [0.717, 1.165) is 25.9 Å². The molecule has 4 aromatic rings. The molecule has 11 heteroatoms. The van der Waals surface area contributed by atoms with Gasteiger partial charge in [0.2, 0.25) is 5.91 Å². The van der Waals surface area contributed by atoms with E-state index in [0.29, 0.717) is 23.7 Å². The van der Waals surface area contributed by atoms with Crippen LogP contribution >= 0.6 is 11.3 Å². The van der Waals surface area contributed by atoms with Crippen LogP contribution in [-0.4, -0.2) is 39.7 Å². The van der Waals surface area contributed by atoms with Crippen molar-refractivity contribution in [2.75, 3.05) is 30.4 Å². The number of methoxy groups -OCH3 is 2. The van der Waals surface area contributed by atoms with Crippen molar-refractivity contribution in [2.45, 2.75) is 18.4 Å². The lowest BCUT2D eigenvalue weighted by molar-refractivity contribution is -0.114. The zero-order valence-electron chi connectivity index (χ0n) is 19.9. The SMILES string of the molecule is CCn1c(=O)sc2cc(NC(=O)CN(c3ccc(OC)c(OC)c3)S(=O)(=O)c3ccccc3)ccc21. The molecule has 0 saturated carbocycles. The van der Waals surface area contributed by atoms with Gasteiger partial charge in [0.1, 0.15) is 6.54 Å². The highest BCUT2D eigenvalue weighted by Gasteiger charge is 2.28. The monoisotopic (exact) mass is 527 g/mol. The quantitative estimate of drug-likeness (QED) is 0.353. The van der Waals surface area contributed by atoms with Gasteiger partial charge in [0.05, 0.1) is 35.0 Å². The van der Waals surface area contributed by atoms with Crippen molar-refractivity contribution in [1.29, 1.82) is 0 Å². The predicted octanol–water partition coefficient (Wildman–Crippen LogP) is 3.93. The molecule has 0 unspecified atom stereocenters. The van der Waals surface area contributed by atoms with E-state index in [1.807, 2.05) is 6.92 Å². The van der Waals surface area contributed by atoms with Crippen molar-refractivity contribution >= 4 is 48.9 Å². The van der Waals surface area contributed by atoms with E-state index in [1.54, 1.807) is 53.1 Å². The Hall–Kier alpha value is -3.83. The Morgan fingerprint density at radius 2 is 1.72 bits per heavy atom. The second-order valence-electron chi connectivity index (χ2n) is 7.71. The number of aryl methyl sites for hydroxylation is 1. The number of hydrogen-bond acceptors (Lipinski definition) is 7. The number of anilines is 2. The zero-order chi connectivity index (χ0) is 25.9. The van der Waals surface area contributed by atoms with Crippen molar-refractivity contribution in [3.05, 3.63) is 76.4 Å². The smallest absolute Gasteiger partial charge is 0.308 e. The minimum Gasteiger partial charge on any atom is -0.493 e. The van der Waals surface area contributed by atoms with Gasteiger partial charge in [0, 0.05) is 18.3 Å². The van der Waals surface area contributed by atoms with Crippen LogP contribution in [0.4, 0.5) is 11.4 Å². The van der Waals surface area contributed by atoms with Gasteiger partial charge < -0.3 is 14.8 Å². The van der Waals surface area contributed by atoms with Crippen LogP contribution in [0, 0.1) is 0 Å². The number of amides is 1. The Labute approximate surface area is 212 Å². The van der Waals surface area contributed by atoms with E-state index in [2.05, 4.69) is 5.32 Å². The Bertz CT molecular complexity index is 1560. The van der Waals surface area contributed by atoms with Crippen molar-refractivity contribution in [2.24, 2.45) is 0 Å². The first-order valence-electron chi connectivity index (χ1n) is 11.0. The largest absolute Gasteiger partial charge is 0.493 e. The molecule has 0 saturated heterocycles. The summed E-state index contributed by atoms with van der Waals surface area (Å²) < 4.78 is 41.1. The maximum Gasteiger partial charge on any atom is 0.308 e. The molecule has 1 N–H and O–H groups in total. The van der Waals surface area contributed by atoms with Gasteiger partial charge in [-0.15, -0.1) is 0 Å². The molecule has 1 amide bonds. The average Bonchev–Trinajstić information content (AvgIpc) is 3.21. The number of nitrogens with one attached hydrogen (secondary N) is 1. The van der Waals surface area contributed by atoms with Crippen LogP contribution in [0.5, 0.6) is 11.5 Å². The molecule has 0 aliphatic heterocycles. The van der Waals surface area contributed by atoms with Gasteiger partial charge in [-0.1, -0.05) is 29.5 Å². The van der Waals surface area contributed by atoms with Crippen LogP contribution in [0.1, 0.15) is 6.92 Å². The number of fused-ring (bicyclic) bond motifs is 1. The molecular formula is C25H25N3O6S2. The molecule has 0 radical (unpaired) electrons. The summed E-state index contributed by atoms with van der Waals surface area (Å²) >= 11 is 1.09. The third-order valence-electron chi connectivity index (χ3n) is 5.54. The molecule has 36 heavy (non-hydrogen) atoms. The van der Waals surface area contributed by atoms with Crippen molar-refractivity contribution in [1.82, 2.24) is 4.57 Å². The fraction of sp³-hybridized carbons (Fsp3) is 0.200. The summed E-state index contributed by atoms with van der Waals surface area (Å²) in [6.45, 7) is 1.94. The topological polar surface area (TPSA) is 107 Å². The van der Waals surface area contributed by atoms with Gasteiger partial charge in [-0.25, -0.2) is 8.42 Å². The Morgan fingerprint density at radius 3 is 2.39 bits per heavy atom. The summed E-state index contributed by atoms with van der Waals surface area (Å²) in [6.07, 6.45) is 0. The van der Waals surface area contributed by atoms with Crippen LogP contribution < -0.4 is 24.0 Å². The lowest BCUT2D eigenvalue weighted by atomic mass is 10.2. The molecule has 188 valence electrons. The molecule has 3 aromatic carbocycles. The van der Waals surface area contributed by atoms with Gasteiger partial charge in [-0.2, -0.15) is 0 Å². The van der Waals surface area contributed by atoms with E-state index < -0.39 is 22.5 Å². The highest BCUT2D eigenvalue weighted by molar-refractivity contribution is 7.92. The first kappa shape index (κ1) is 25.3. The van der Waals surface area contributed by atoms with E-state index in [4.69, 9.17) is 9.47 Å². The molecule has 0 atom stereocenters. The lowest BCUT2D eigenvalue weighted by Gasteiger charge is -2.25. The number of nitrogens with zero attached hydrogens (tertiary/aromatic N) is 2. The third kappa shape index (κ3) is 4.93. The summed E-state index contributed by atoms with van der Waals surface area (Å²) in [5, 5.41) is 2.75. The minimum atomic E-state index is -4.09. The number of carbonyl (C=O) groups excluding carboxylic acids is 1. The van der Waals surface area contributed by atoms with Crippen LogP contribution in [-0.2, 0) is 21.4 Å². The average molecular weight is 528 g/mol. The number of thiazole rings is 1. The molecular weight excluding hydrogens is 502 g/mol. The number of benzene rings is 3. The van der Waals surface area contributed by atoms with Gasteiger partial charge in [-0.3, -0.25) is 18.5 Å². The molecule has 9 nitrogen and oxygen atoms in total. The Morgan fingerprint density at radius 1 is 1.00 bits per heavy atom. The molecule has 0 fully saturated rings. The summed E-state index contributed by atoms with van der Waals surface area (Å²) in [5.41, 5.74) is 1.48. The summed E-state index contributed by atoms with van der Waals surface area (Å²) in [4.78, 5) is 25.2. The molecule has 1 aromatic heterocycles. The molecule has 0 aliphatic rings. The lowest BCUT2D eigenvalue weighted by Crippen LogP contribution is -2.38. The molecule has 1 heterocycles. The standard InChI is InChI=1S/C25H25N3O6S2/c1-4-27-20-12-10-17(14-23(20)35-25(27)30)26-24(29)16-28(36(31,32)19-8-6-5-7-9-19)18-11-13-21(33-2)22(15-18)34-3/h5-15H,4,16H2,1-3H3,(H,26,29). The number of rotatable bonds is 9. The molecule has 4 rings (SSSR count). The highest BCUT2D eigenvalue weighted by atomic mass is 32.2. The predicted molar refractivity (Wildman–Crippen MR) is 141 cm³/mol. The van der Waals surface area contributed by atoms with Gasteiger partial charge in [0.15, 0.2) is 11.5 Å². The molecule has 0 aliphatic carbocycles. The summed E-state index contributed by atoms with van der Waals surface area (Å²) in [5.74, 6) is 0.199. The fourth-order valence-corrected chi connectivity index (χ4v) is 6.22. The number of ether oxygens (including phenoxy) is 2. The van der Waals surface area contributed by atoms with E-state index in [9.17, 15) is 18.0 Å². The van der Waals surface area contributed by atoms with Gasteiger partial charge >= 0.3 is 4.87 Å². The number of aromatic nitrogens is 1. The second kappa shape index (κ2) is 10.4. The van der Waals surface area contributed by atoms with Crippen LogP contribution in [0.2, 0.25) is 0 Å². The number of carbonyl (C=O) groups is 1. The van der Waals surface area contributed by atoms with Crippen molar-refractivity contribution in [3.8, 4) is 11.5 Å². The Balaban J connectivity index is 1.68. The Kier molecular flexibility index (Phi) is 7.32. The van der Waals surface area contributed by atoms with Gasteiger partial charge in [-0.05, 0) is 49.4 Å². The minimum absolute atomic E-state index is 0.0414. The number of hydrogen-bond donors (Lipinski definition) is 1. The maximum absolute atomic E-state index is 13.6. The fourth-order valence-electron chi connectivity index (χ4n) is 3.79. The summed E-state index contributed by atoms with van der Waals surface area (Å²) in [7, 11) is -1.17. The van der Waals surface area contributed by atoms with E-state index in [-0.39, 0.29) is 15.5 Å². The first-order valence-corrected chi connectivity index (χ1v) is 13.3. The van der Waals surface area contributed by atoms with E-state index >= 15 is 0 Å². The van der Waals surface area contributed by atoms with E-state index in [1.165, 1.54) is 32.4 Å². The molecule has 0 spiro atoms. The summed E-state index contributed by atoms with van der Waals surface area (Å²) in [6, 6.07) is 17.7. The number of sulfonamides is 1. The zero-order valence-corrected chi connectivity index (χ0v) is 21.6. The second-order valence-corrected chi connectivity index (χ2v) is 10.6. The van der Waals surface area contributed by atoms with Crippen molar-refractivity contribution < 1.29 is 22.7 Å². The molecule has 0 bridgehead atoms. The van der Waals surface area contributed by atoms with Crippen LogP contribution in [0.15, 0.2) is 76.4 Å². The van der Waals surface area contributed by atoms with Crippen LogP contribution in [0.25, 0.3) is 10.2 Å². The highest BCUT2D eigenvalue weighted by Crippen LogP contribution is 2.34.